The maximum Gasteiger partial charge on any atom is 0.352 e. The van der Waals surface area contributed by atoms with Crippen LogP contribution in [0.25, 0.3) is 10.9 Å². The van der Waals surface area contributed by atoms with E-state index in [4.69, 9.17) is 16.3 Å². The second-order valence-corrected chi connectivity index (χ2v) is 9.29. The fourth-order valence-corrected chi connectivity index (χ4v) is 4.85. The number of hydrogen-bond donors (Lipinski definition) is 3. The molecular formula is C25H29ClN6O4. The first-order chi connectivity index (χ1) is 17.4. The standard InChI is InChI=1S/C25H29ClN6O4/c1-36-25(35)17(13-27)23(29-19-9-6-7-16-18(26)14-28-22(16)19)30-20-8-2-3-12-32(24(20)34)15-21(33)31-10-4-5-11-31/h6-7,9,14,20,28-30H,2-5,8,10-12,15H2,1H3/b23-17-/t20-/m0/s1. The summed E-state index contributed by atoms with van der Waals surface area (Å²) in [4.78, 5) is 45.1. The van der Waals surface area contributed by atoms with Crippen molar-refractivity contribution >= 4 is 46.0 Å². The van der Waals surface area contributed by atoms with Gasteiger partial charge in [-0.1, -0.05) is 23.7 Å². The van der Waals surface area contributed by atoms with E-state index in [0.717, 1.165) is 44.2 Å². The van der Waals surface area contributed by atoms with Crippen LogP contribution in [0.1, 0.15) is 32.1 Å². The van der Waals surface area contributed by atoms with Crippen molar-refractivity contribution in [1.82, 2.24) is 20.1 Å². The number of H-pyrrole nitrogens is 1. The van der Waals surface area contributed by atoms with Crippen molar-refractivity contribution in [2.24, 2.45) is 0 Å². The van der Waals surface area contributed by atoms with E-state index in [1.807, 2.05) is 12.1 Å². The minimum Gasteiger partial charge on any atom is -0.465 e. The van der Waals surface area contributed by atoms with Crippen LogP contribution in [0.15, 0.2) is 35.8 Å². The maximum atomic E-state index is 13.5. The summed E-state index contributed by atoms with van der Waals surface area (Å²) < 4.78 is 4.81. The van der Waals surface area contributed by atoms with Gasteiger partial charge in [-0.2, -0.15) is 5.26 Å². The first-order valence-corrected chi connectivity index (χ1v) is 12.4. The summed E-state index contributed by atoms with van der Waals surface area (Å²) in [6.45, 7) is 1.94. The van der Waals surface area contributed by atoms with Crippen LogP contribution in [-0.4, -0.2) is 71.9 Å². The lowest BCUT2D eigenvalue weighted by molar-refractivity contribution is -0.140. The number of halogens is 1. The fourth-order valence-electron chi connectivity index (χ4n) is 4.64. The number of benzene rings is 1. The van der Waals surface area contributed by atoms with Gasteiger partial charge in [-0.3, -0.25) is 9.59 Å². The van der Waals surface area contributed by atoms with E-state index < -0.39 is 12.0 Å². The molecule has 0 saturated carbocycles. The second-order valence-electron chi connectivity index (χ2n) is 8.88. The van der Waals surface area contributed by atoms with Gasteiger partial charge in [-0.15, -0.1) is 0 Å². The highest BCUT2D eigenvalue weighted by atomic mass is 35.5. The average molecular weight is 513 g/mol. The number of amides is 2. The zero-order valence-electron chi connectivity index (χ0n) is 20.1. The zero-order chi connectivity index (χ0) is 25.7. The smallest absolute Gasteiger partial charge is 0.352 e. The Morgan fingerprint density at radius 2 is 1.97 bits per heavy atom. The molecule has 4 rings (SSSR count). The van der Waals surface area contributed by atoms with Gasteiger partial charge in [0.15, 0.2) is 5.57 Å². The van der Waals surface area contributed by atoms with E-state index in [9.17, 15) is 19.6 Å². The summed E-state index contributed by atoms with van der Waals surface area (Å²) in [7, 11) is 1.19. The average Bonchev–Trinajstić information content (AvgIpc) is 3.52. The predicted molar refractivity (Wildman–Crippen MR) is 135 cm³/mol. The van der Waals surface area contributed by atoms with Crippen LogP contribution in [0, 0.1) is 11.3 Å². The highest BCUT2D eigenvalue weighted by molar-refractivity contribution is 6.35. The Kier molecular flexibility index (Phi) is 8.00. The van der Waals surface area contributed by atoms with Gasteiger partial charge in [0.25, 0.3) is 0 Å². The highest BCUT2D eigenvalue weighted by Gasteiger charge is 2.32. The van der Waals surface area contributed by atoms with Crippen LogP contribution in [0.4, 0.5) is 5.69 Å². The number of carbonyl (C=O) groups excluding carboxylic acids is 3. The van der Waals surface area contributed by atoms with Crippen LogP contribution in [-0.2, 0) is 19.1 Å². The number of anilines is 1. The molecule has 0 unspecified atom stereocenters. The van der Waals surface area contributed by atoms with Crippen molar-refractivity contribution in [3.8, 4) is 6.07 Å². The minimum absolute atomic E-state index is 0.0197. The van der Waals surface area contributed by atoms with Gasteiger partial charge in [0, 0.05) is 31.2 Å². The molecule has 0 aliphatic carbocycles. The normalized spacial score (nSPS) is 18.9. The summed E-state index contributed by atoms with van der Waals surface area (Å²) >= 11 is 6.25. The SMILES string of the molecule is COC(=O)/C(C#N)=C(/Nc1cccc2c(Cl)c[nH]c12)N[C@H]1CCCCN(CC(=O)N2CCCC2)C1=O. The van der Waals surface area contributed by atoms with Gasteiger partial charge in [0.2, 0.25) is 11.8 Å². The Balaban J connectivity index is 1.61. The third kappa shape index (κ3) is 5.41. The highest BCUT2D eigenvalue weighted by Crippen LogP contribution is 2.29. The summed E-state index contributed by atoms with van der Waals surface area (Å²) in [5, 5.41) is 17.2. The lowest BCUT2D eigenvalue weighted by atomic mass is 10.1. The van der Waals surface area contributed by atoms with Crippen molar-refractivity contribution in [1.29, 1.82) is 5.26 Å². The molecule has 1 aromatic carbocycles. The number of hydrogen-bond acceptors (Lipinski definition) is 7. The molecule has 0 radical (unpaired) electrons. The molecule has 0 bridgehead atoms. The van der Waals surface area contributed by atoms with Crippen LogP contribution < -0.4 is 10.6 Å². The Morgan fingerprint density at radius 1 is 1.22 bits per heavy atom. The van der Waals surface area contributed by atoms with Crippen molar-refractivity contribution in [3.63, 3.8) is 0 Å². The molecule has 2 amide bonds. The molecule has 2 fully saturated rings. The maximum absolute atomic E-state index is 13.5. The number of rotatable bonds is 7. The summed E-state index contributed by atoms with van der Waals surface area (Å²) in [6.07, 6.45) is 5.58. The molecule has 1 aromatic heterocycles. The van der Waals surface area contributed by atoms with Crippen LogP contribution in [0.2, 0.25) is 5.02 Å². The van der Waals surface area contributed by atoms with Crippen molar-refractivity contribution in [2.45, 2.75) is 38.1 Å². The van der Waals surface area contributed by atoms with Gasteiger partial charge in [-0.25, -0.2) is 4.79 Å². The monoisotopic (exact) mass is 512 g/mol. The zero-order valence-corrected chi connectivity index (χ0v) is 20.9. The number of aromatic nitrogens is 1. The van der Waals surface area contributed by atoms with E-state index in [-0.39, 0.29) is 29.8 Å². The van der Waals surface area contributed by atoms with Crippen LogP contribution >= 0.6 is 11.6 Å². The lowest BCUT2D eigenvalue weighted by Crippen LogP contribution is -2.49. The third-order valence-corrected chi connectivity index (χ3v) is 6.87. The largest absolute Gasteiger partial charge is 0.465 e. The van der Waals surface area contributed by atoms with E-state index in [0.29, 0.717) is 29.2 Å². The van der Waals surface area contributed by atoms with Crippen molar-refractivity contribution < 1.29 is 19.1 Å². The molecule has 36 heavy (non-hydrogen) atoms. The van der Waals surface area contributed by atoms with Gasteiger partial charge in [0.1, 0.15) is 17.9 Å². The molecule has 3 heterocycles. The quantitative estimate of drug-likeness (QED) is 0.295. The van der Waals surface area contributed by atoms with Crippen molar-refractivity contribution in [2.75, 3.05) is 38.6 Å². The Bertz CT molecular complexity index is 1230. The number of nitrogens with zero attached hydrogens (tertiary/aromatic N) is 3. The number of esters is 1. The molecule has 2 aromatic rings. The van der Waals surface area contributed by atoms with E-state index >= 15 is 0 Å². The first-order valence-electron chi connectivity index (χ1n) is 12.0. The van der Waals surface area contributed by atoms with E-state index in [1.54, 1.807) is 28.1 Å². The first kappa shape index (κ1) is 25.4. The molecular weight excluding hydrogens is 484 g/mol. The molecule has 2 aliphatic heterocycles. The van der Waals surface area contributed by atoms with Crippen LogP contribution in [0.5, 0.6) is 0 Å². The number of aromatic amines is 1. The number of nitrogens with one attached hydrogen (secondary N) is 3. The third-order valence-electron chi connectivity index (χ3n) is 6.56. The molecule has 0 spiro atoms. The number of methoxy groups -OCH3 is 1. The van der Waals surface area contributed by atoms with Gasteiger partial charge in [-0.05, 0) is 38.2 Å². The predicted octanol–water partition coefficient (Wildman–Crippen LogP) is 2.73. The summed E-state index contributed by atoms with van der Waals surface area (Å²) in [5.41, 5.74) is 0.929. The number of nitriles is 1. The molecule has 3 N–H and O–H groups in total. The van der Waals surface area contributed by atoms with Gasteiger partial charge < -0.3 is 30.2 Å². The van der Waals surface area contributed by atoms with Gasteiger partial charge >= 0.3 is 5.97 Å². The number of ether oxygens (including phenoxy) is 1. The molecule has 2 aliphatic rings. The molecule has 190 valence electrons. The van der Waals surface area contributed by atoms with E-state index in [2.05, 4.69) is 15.6 Å². The number of para-hydroxylation sites is 1. The molecule has 11 heteroatoms. The summed E-state index contributed by atoms with van der Waals surface area (Å²) in [5.74, 6) is -1.10. The second kappa shape index (κ2) is 11.4. The van der Waals surface area contributed by atoms with Gasteiger partial charge in [0.05, 0.1) is 29.9 Å². The molecule has 1 atom stereocenters. The fraction of sp³-hybridized carbons (Fsp3) is 0.440. The molecule has 10 nitrogen and oxygen atoms in total. The number of fused-ring (bicyclic) bond motifs is 1. The Morgan fingerprint density at radius 3 is 2.69 bits per heavy atom. The van der Waals surface area contributed by atoms with E-state index in [1.165, 1.54) is 7.11 Å². The van der Waals surface area contributed by atoms with Crippen LogP contribution in [0.3, 0.4) is 0 Å². The lowest BCUT2D eigenvalue weighted by Gasteiger charge is -2.28. The number of carbonyl (C=O) groups is 3. The Labute approximate surface area is 214 Å². The Hall–Kier alpha value is -3.71. The molecule has 2 saturated heterocycles. The summed E-state index contributed by atoms with van der Waals surface area (Å²) in [6, 6.07) is 6.54. The van der Waals surface area contributed by atoms with Crippen molar-refractivity contribution in [3.05, 3.63) is 40.8 Å². The minimum atomic E-state index is -0.841. The number of likely N-dealkylation sites (tertiary alicyclic amines) is 2. The topological polar surface area (TPSA) is 131 Å².